The predicted molar refractivity (Wildman–Crippen MR) is 140 cm³/mol. The first-order valence-electron chi connectivity index (χ1n) is 13.2. The summed E-state index contributed by atoms with van der Waals surface area (Å²) in [6, 6.07) is 19.0. The van der Waals surface area contributed by atoms with Crippen LogP contribution in [-0.4, -0.2) is 38.3 Å². The standard InChI is InChI=1S/C30H48NO/c1-4-5-6-16-25-31(2,3)26-17-11-9-7-8-10-12-18-27-32-30-23-21-29(22-24-30)28-19-14-13-15-20-28/h13-15,19-24H,4-12,16-18,25-27H2,1-3H3/q+1. The summed E-state index contributed by atoms with van der Waals surface area (Å²) in [6.07, 6.45) is 16.3. The Bertz CT molecular complexity index is 693. The maximum absolute atomic E-state index is 5.93. The second-order valence-electron chi connectivity index (χ2n) is 10.0. The van der Waals surface area contributed by atoms with Gasteiger partial charge < -0.3 is 9.22 Å². The summed E-state index contributed by atoms with van der Waals surface area (Å²) in [5.41, 5.74) is 2.50. The van der Waals surface area contributed by atoms with Crippen LogP contribution in [0.2, 0.25) is 0 Å². The molecule has 2 nitrogen and oxygen atoms in total. The SMILES string of the molecule is CCCCCC[N+](C)(C)CCCCCCCCCCOc1ccc(-c2ccccc2)cc1. The molecule has 178 valence electrons. The van der Waals surface area contributed by atoms with Crippen molar-refractivity contribution >= 4 is 0 Å². The van der Waals surface area contributed by atoms with Crippen LogP contribution in [0, 0.1) is 0 Å². The Labute approximate surface area is 198 Å². The molecule has 0 aliphatic heterocycles. The van der Waals surface area contributed by atoms with E-state index >= 15 is 0 Å². The van der Waals surface area contributed by atoms with Gasteiger partial charge in [0.1, 0.15) is 5.75 Å². The van der Waals surface area contributed by atoms with Crippen molar-refractivity contribution in [3.05, 3.63) is 54.6 Å². The van der Waals surface area contributed by atoms with Crippen LogP contribution in [0.25, 0.3) is 11.1 Å². The van der Waals surface area contributed by atoms with Crippen LogP contribution >= 0.6 is 0 Å². The van der Waals surface area contributed by atoms with Crippen molar-refractivity contribution in [1.82, 2.24) is 0 Å². The zero-order chi connectivity index (χ0) is 22.9. The number of quaternary nitrogens is 1. The Morgan fingerprint density at radius 3 is 1.66 bits per heavy atom. The van der Waals surface area contributed by atoms with Gasteiger partial charge in [-0.3, -0.25) is 0 Å². The van der Waals surface area contributed by atoms with Crippen molar-refractivity contribution in [2.45, 2.75) is 84.0 Å². The summed E-state index contributed by atoms with van der Waals surface area (Å²) in [5.74, 6) is 0.983. The fourth-order valence-electron chi connectivity index (χ4n) is 4.35. The highest BCUT2D eigenvalue weighted by molar-refractivity contribution is 5.63. The van der Waals surface area contributed by atoms with Crippen LogP contribution in [0.3, 0.4) is 0 Å². The van der Waals surface area contributed by atoms with Crippen LogP contribution in [0.4, 0.5) is 0 Å². The quantitative estimate of drug-likeness (QED) is 0.167. The second-order valence-corrected chi connectivity index (χ2v) is 10.0. The minimum Gasteiger partial charge on any atom is -0.494 e. The van der Waals surface area contributed by atoms with Crippen molar-refractivity contribution in [2.75, 3.05) is 33.8 Å². The van der Waals surface area contributed by atoms with E-state index in [2.05, 4.69) is 75.6 Å². The molecule has 0 spiro atoms. The maximum atomic E-state index is 5.93. The second kappa shape index (κ2) is 15.9. The number of hydrogen-bond acceptors (Lipinski definition) is 1. The van der Waals surface area contributed by atoms with Crippen LogP contribution < -0.4 is 4.74 Å². The molecule has 0 atom stereocenters. The van der Waals surface area contributed by atoms with Gasteiger partial charge in [0.15, 0.2) is 0 Å². The molecule has 0 bridgehead atoms. The summed E-state index contributed by atoms with van der Waals surface area (Å²) in [5, 5.41) is 0. The molecule has 0 saturated carbocycles. The number of hydrogen-bond donors (Lipinski definition) is 0. The van der Waals surface area contributed by atoms with E-state index in [4.69, 9.17) is 4.74 Å². The zero-order valence-electron chi connectivity index (χ0n) is 21.2. The smallest absolute Gasteiger partial charge is 0.119 e. The van der Waals surface area contributed by atoms with Gasteiger partial charge in [-0.25, -0.2) is 0 Å². The van der Waals surface area contributed by atoms with Crippen molar-refractivity contribution in [3.8, 4) is 16.9 Å². The Hall–Kier alpha value is -1.80. The van der Waals surface area contributed by atoms with E-state index in [0.29, 0.717) is 0 Å². The molecule has 32 heavy (non-hydrogen) atoms. The number of rotatable bonds is 18. The van der Waals surface area contributed by atoms with Gasteiger partial charge in [0.2, 0.25) is 0 Å². The van der Waals surface area contributed by atoms with E-state index in [-0.39, 0.29) is 0 Å². The van der Waals surface area contributed by atoms with Crippen LogP contribution in [0.15, 0.2) is 54.6 Å². The maximum Gasteiger partial charge on any atom is 0.119 e. The van der Waals surface area contributed by atoms with Gasteiger partial charge in [-0.1, -0.05) is 94.3 Å². The van der Waals surface area contributed by atoms with E-state index in [1.54, 1.807) is 0 Å². The summed E-state index contributed by atoms with van der Waals surface area (Å²) >= 11 is 0. The molecule has 0 fully saturated rings. The van der Waals surface area contributed by atoms with Gasteiger partial charge in [0.05, 0.1) is 33.8 Å². The molecule has 2 aromatic rings. The first-order chi connectivity index (χ1) is 15.6. The van der Waals surface area contributed by atoms with Crippen molar-refractivity contribution in [1.29, 1.82) is 0 Å². The molecule has 0 N–H and O–H groups in total. The number of ether oxygens (including phenoxy) is 1. The highest BCUT2D eigenvalue weighted by atomic mass is 16.5. The molecule has 0 unspecified atom stereocenters. The van der Waals surface area contributed by atoms with Gasteiger partial charge in [-0.15, -0.1) is 0 Å². The third kappa shape index (κ3) is 11.7. The average Bonchev–Trinajstić information content (AvgIpc) is 2.81. The van der Waals surface area contributed by atoms with E-state index in [0.717, 1.165) is 18.8 Å². The average molecular weight is 439 g/mol. The van der Waals surface area contributed by atoms with Crippen LogP contribution in [0.5, 0.6) is 5.75 Å². The van der Waals surface area contributed by atoms with Crippen LogP contribution in [-0.2, 0) is 0 Å². The third-order valence-electron chi connectivity index (χ3n) is 6.50. The summed E-state index contributed by atoms with van der Waals surface area (Å²) in [4.78, 5) is 0. The molecule has 2 heteroatoms. The predicted octanol–water partition coefficient (Wildman–Crippen LogP) is 8.51. The lowest BCUT2D eigenvalue weighted by Crippen LogP contribution is -2.41. The molecule has 0 aromatic heterocycles. The minimum atomic E-state index is 0.829. The van der Waals surface area contributed by atoms with Gasteiger partial charge in [-0.2, -0.15) is 0 Å². The van der Waals surface area contributed by atoms with Gasteiger partial charge in [-0.05, 0) is 55.4 Å². The van der Waals surface area contributed by atoms with E-state index in [9.17, 15) is 0 Å². The summed E-state index contributed by atoms with van der Waals surface area (Å²) < 4.78 is 7.14. The van der Waals surface area contributed by atoms with Gasteiger partial charge in [0.25, 0.3) is 0 Å². The van der Waals surface area contributed by atoms with Crippen molar-refractivity contribution in [2.24, 2.45) is 0 Å². The Kier molecular flexibility index (Phi) is 13.2. The molecular formula is C30H48NO+. The lowest BCUT2D eigenvalue weighted by molar-refractivity contribution is -0.890. The Balaban J connectivity index is 1.42. The Morgan fingerprint density at radius 1 is 0.562 bits per heavy atom. The number of unbranched alkanes of at least 4 members (excludes halogenated alkanes) is 10. The number of nitrogens with zero attached hydrogens (tertiary/aromatic N) is 1. The van der Waals surface area contributed by atoms with Crippen molar-refractivity contribution < 1.29 is 9.22 Å². The van der Waals surface area contributed by atoms with Gasteiger partial charge >= 0.3 is 0 Å². The molecule has 2 rings (SSSR count). The molecule has 0 aliphatic rings. The third-order valence-corrected chi connectivity index (χ3v) is 6.50. The number of benzene rings is 2. The molecular weight excluding hydrogens is 390 g/mol. The fraction of sp³-hybridized carbons (Fsp3) is 0.600. The normalized spacial score (nSPS) is 11.6. The molecule has 0 aliphatic carbocycles. The molecule has 0 amide bonds. The molecule has 0 saturated heterocycles. The highest BCUT2D eigenvalue weighted by Gasteiger charge is 2.13. The van der Waals surface area contributed by atoms with E-state index in [1.807, 2.05) is 0 Å². The summed E-state index contributed by atoms with van der Waals surface area (Å²) in [6.45, 7) is 5.81. The topological polar surface area (TPSA) is 9.23 Å². The first-order valence-corrected chi connectivity index (χ1v) is 13.2. The molecule has 2 aromatic carbocycles. The molecule has 0 radical (unpaired) electrons. The lowest BCUT2D eigenvalue weighted by atomic mass is 10.1. The van der Waals surface area contributed by atoms with E-state index < -0.39 is 0 Å². The summed E-state index contributed by atoms with van der Waals surface area (Å²) in [7, 11) is 4.82. The highest BCUT2D eigenvalue weighted by Crippen LogP contribution is 2.22. The van der Waals surface area contributed by atoms with Crippen molar-refractivity contribution in [3.63, 3.8) is 0 Å². The van der Waals surface area contributed by atoms with Gasteiger partial charge in [0, 0.05) is 0 Å². The monoisotopic (exact) mass is 438 g/mol. The lowest BCUT2D eigenvalue weighted by Gasteiger charge is -2.30. The first kappa shape index (κ1) is 26.5. The minimum absolute atomic E-state index is 0.829. The largest absolute Gasteiger partial charge is 0.494 e. The van der Waals surface area contributed by atoms with E-state index in [1.165, 1.54) is 99.3 Å². The molecule has 0 heterocycles. The zero-order valence-corrected chi connectivity index (χ0v) is 21.2. The Morgan fingerprint density at radius 2 is 1.06 bits per heavy atom. The van der Waals surface area contributed by atoms with Crippen LogP contribution in [0.1, 0.15) is 84.0 Å². The fourth-order valence-corrected chi connectivity index (χ4v) is 4.35.